The maximum absolute atomic E-state index is 10.7. The molecular weight excluding hydrogens is 160 g/mol. The molecule has 2 N–H and O–H groups in total. The lowest BCUT2D eigenvalue weighted by atomic mass is 10.4. The molecule has 0 aromatic heterocycles. The Balaban J connectivity index is 3.73. The number of esters is 1. The summed E-state index contributed by atoms with van der Waals surface area (Å²) in [5.74, 6) is -0.686. The number of aliphatic hydroxyl groups excluding tert-OH is 2. The van der Waals surface area contributed by atoms with Gasteiger partial charge in [-0.15, -0.1) is 0 Å². The Labute approximate surface area is 70.8 Å². The van der Waals surface area contributed by atoms with Crippen molar-refractivity contribution in [3.8, 4) is 0 Å². The van der Waals surface area contributed by atoms with Gasteiger partial charge in [-0.3, -0.25) is 0 Å². The predicted octanol–water partition coefficient (Wildman–Crippen LogP) is -0.0274. The van der Waals surface area contributed by atoms with E-state index in [4.69, 9.17) is 10.2 Å². The zero-order valence-electron chi connectivity index (χ0n) is 6.80. The second-order valence-corrected chi connectivity index (χ2v) is 1.96. The van der Waals surface area contributed by atoms with Gasteiger partial charge < -0.3 is 14.9 Å². The number of aliphatic hydroxyl groups is 2. The lowest BCUT2D eigenvalue weighted by Gasteiger charge is -2.05. The number of allylic oxidation sites excluding steroid dienone is 3. The average Bonchev–Trinajstić information content (AvgIpc) is 2.05. The van der Waals surface area contributed by atoms with Crippen LogP contribution in [0, 0.1) is 0 Å². The van der Waals surface area contributed by atoms with Crippen molar-refractivity contribution >= 4 is 5.97 Å². The summed E-state index contributed by atoms with van der Waals surface area (Å²) in [4.78, 5) is 10.7. The summed E-state index contributed by atoms with van der Waals surface area (Å²) in [7, 11) is 0. The number of carbonyl (C=O) groups is 1. The zero-order chi connectivity index (χ0) is 9.40. The largest absolute Gasteiger partial charge is 0.430 e. The fourth-order valence-corrected chi connectivity index (χ4v) is 0.456. The first-order valence-corrected chi connectivity index (χ1v) is 3.49. The molecule has 4 nitrogen and oxygen atoms in total. The smallest absolute Gasteiger partial charge is 0.333 e. The third kappa shape index (κ3) is 5.64. The van der Waals surface area contributed by atoms with Gasteiger partial charge in [-0.25, -0.2) is 4.79 Å². The van der Waals surface area contributed by atoms with E-state index in [1.54, 1.807) is 19.1 Å². The van der Waals surface area contributed by atoms with Crippen molar-refractivity contribution in [1.29, 1.82) is 0 Å². The third-order valence-corrected chi connectivity index (χ3v) is 0.944. The summed E-state index contributed by atoms with van der Waals surface area (Å²) in [5.41, 5.74) is 0. The molecule has 0 aliphatic rings. The summed E-state index contributed by atoms with van der Waals surface area (Å²) >= 11 is 0. The first-order valence-electron chi connectivity index (χ1n) is 3.49. The van der Waals surface area contributed by atoms with Gasteiger partial charge in [0.2, 0.25) is 6.29 Å². The van der Waals surface area contributed by atoms with E-state index in [0.29, 0.717) is 0 Å². The molecule has 0 saturated carbocycles. The summed E-state index contributed by atoms with van der Waals surface area (Å²) in [6.45, 7) is 1.21. The van der Waals surface area contributed by atoms with Gasteiger partial charge in [0.25, 0.3) is 0 Å². The maximum Gasteiger partial charge on any atom is 0.333 e. The van der Waals surface area contributed by atoms with E-state index in [2.05, 4.69) is 4.74 Å². The van der Waals surface area contributed by atoms with Crippen LogP contribution >= 0.6 is 0 Å². The molecule has 0 spiro atoms. The Kier molecular flexibility index (Phi) is 5.95. The summed E-state index contributed by atoms with van der Waals surface area (Å²) in [5, 5.41) is 16.9. The molecule has 1 atom stereocenters. The normalized spacial score (nSPS) is 13.9. The molecule has 68 valence electrons. The minimum atomic E-state index is -1.44. The van der Waals surface area contributed by atoms with E-state index in [9.17, 15) is 4.79 Å². The van der Waals surface area contributed by atoms with Crippen molar-refractivity contribution in [3.63, 3.8) is 0 Å². The molecule has 0 bridgehead atoms. The fraction of sp³-hybridized carbons (Fsp3) is 0.375. The SMILES string of the molecule is C/C=C/C=C/C(=O)OC(O)CO. The number of ether oxygens (including phenoxy) is 1. The van der Waals surface area contributed by atoms with Gasteiger partial charge in [0, 0.05) is 6.08 Å². The molecule has 0 rings (SSSR count). The van der Waals surface area contributed by atoms with Crippen LogP contribution < -0.4 is 0 Å². The van der Waals surface area contributed by atoms with Gasteiger partial charge in [-0.1, -0.05) is 18.2 Å². The molecule has 0 aromatic rings. The highest BCUT2D eigenvalue weighted by Gasteiger charge is 2.04. The minimum absolute atomic E-state index is 0.594. The van der Waals surface area contributed by atoms with Crippen molar-refractivity contribution < 1.29 is 19.7 Å². The van der Waals surface area contributed by atoms with E-state index in [1.165, 1.54) is 6.08 Å². The lowest BCUT2D eigenvalue weighted by molar-refractivity contribution is -0.167. The van der Waals surface area contributed by atoms with Crippen molar-refractivity contribution in [2.75, 3.05) is 6.61 Å². The fourth-order valence-electron chi connectivity index (χ4n) is 0.456. The van der Waals surface area contributed by atoms with E-state index < -0.39 is 18.9 Å². The average molecular weight is 172 g/mol. The third-order valence-electron chi connectivity index (χ3n) is 0.944. The summed E-state index contributed by atoms with van der Waals surface area (Å²) in [6.07, 6.45) is 4.58. The molecule has 0 fully saturated rings. The van der Waals surface area contributed by atoms with Crippen molar-refractivity contribution in [3.05, 3.63) is 24.3 Å². The number of hydrogen-bond donors (Lipinski definition) is 2. The van der Waals surface area contributed by atoms with E-state index in [1.807, 2.05) is 0 Å². The van der Waals surface area contributed by atoms with Crippen LogP contribution in [0.25, 0.3) is 0 Å². The second-order valence-electron chi connectivity index (χ2n) is 1.96. The van der Waals surface area contributed by atoms with Crippen LogP contribution in [0.1, 0.15) is 6.92 Å². The highest BCUT2D eigenvalue weighted by molar-refractivity contribution is 5.82. The van der Waals surface area contributed by atoms with Gasteiger partial charge >= 0.3 is 5.97 Å². The van der Waals surface area contributed by atoms with Crippen LogP contribution in [0.15, 0.2) is 24.3 Å². The first kappa shape index (κ1) is 10.9. The molecule has 0 heterocycles. The Morgan fingerprint density at radius 1 is 1.58 bits per heavy atom. The van der Waals surface area contributed by atoms with Crippen molar-refractivity contribution in [2.24, 2.45) is 0 Å². The highest BCUT2D eigenvalue weighted by Crippen LogP contribution is 1.88. The van der Waals surface area contributed by atoms with Crippen LogP contribution in [0.4, 0.5) is 0 Å². The van der Waals surface area contributed by atoms with Gasteiger partial charge in [-0.05, 0) is 6.92 Å². The zero-order valence-corrected chi connectivity index (χ0v) is 6.80. The Hall–Kier alpha value is -1.13. The van der Waals surface area contributed by atoms with Crippen LogP contribution in [0.2, 0.25) is 0 Å². The van der Waals surface area contributed by atoms with Gasteiger partial charge in [-0.2, -0.15) is 0 Å². The molecule has 1 unspecified atom stereocenters. The van der Waals surface area contributed by atoms with E-state index >= 15 is 0 Å². The topological polar surface area (TPSA) is 66.8 Å². The number of rotatable bonds is 4. The molecular formula is C8H12O4. The molecule has 4 heteroatoms. The van der Waals surface area contributed by atoms with Crippen LogP contribution in [-0.2, 0) is 9.53 Å². The summed E-state index contributed by atoms with van der Waals surface area (Å²) < 4.78 is 4.29. The Morgan fingerprint density at radius 2 is 2.25 bits per heavy atom. The Bertz CT molecular complexity index is 183. The van der Waals surface area contributed by atoms with E-state index in [-0.39, 0.29) is 0 Å². The van der Waals surface area contributed by atoms with Crippen molar-refractivity contribution in [2.45, 2.75) is 13.2 Å². The first-order chi connectivity index (χ1) is 5.70. The molecule has 0 saturated heterocycles. The lowest BCUT2D eigenvalue weighted by Crippen LogP contribution is -2.19. The quantitative estimate of drug-likeness (QED) is 0.270. The molecule has 0 aromatic carbocycles. The molecule has 0 amide bonds. The van der Waals surface area contributed by atoms with Crippen LogP contribution in [-0.4, -0.2) is 29.1 Å². The Morgan fingerprint density at radius 3 is 2.75 bits per heavy atom. The predicted molar refractivity (Wildman–Crippen MR) is 43.1 cm³/mol. The van der Waals surface area contributed by atoms with Gasteiger partial charge in [0.1, 0.15) is 6.61 Å². The van der Waals surface area contributed by atoms with Gasteiger partial charge in [0.15, 0.2) is 0 Å². The monoisotopic (exact) mass is 172 g/mol. The maximum atomic E-state index is 10.7. The van der Waals surface area contributed by atoms with Crippen LogP contribution in [0.5, 0.6) is 0 Å². The van der Waals surface area contributed by atoms with Gasteiger partial charge in [0.05, 0.1) is 0 Å². The summed E-state index contributed by atoms with van der Waals surface area (Å²) in [6, 6.07) is 0. The van der Waals surface area contributed by atoms with Crippen molar-refractivity contribution in [1.82, 2.24) is 0 Å². The molecule has 0 radical (unpaired) electrons. The molecule has 0 aliphatic heterocycles. The van der Waals surface area contributed by atoms with Crippen LogP contribution in [0.3, 0.4) is 0 Å². The minimum Gasteiger partial charge on any atom is -0.430 e. The molecule has 12 heavy (non-hydrogen) atoms. The number of hydrogen-bond acceptors (Lipinski definition) is 4. The highest BCUT2D eigenvalue weighted by atomic mass is 16.6. The van der Waals surface area contributed by atoms with E-state index in [0.717, 1.165) is 6.08 Å². The number of carbonyl (C=O) groups excluding carboxylic acids is 1. The second kappa shape index (κ2) is 6.57. The standard InChI is InChI=1S/C8H12O4/c1-2-3-4-5-7(10)12-8(11)6-9/h2-5,8-9,11H,6H2,1H3/b3-2+,5-4+. The molecule has 0 aliphatic carbocycles.